The van der Waals surface area contributed by atoms with Gasteiger partial charge in [-0.25, -0.2) is 0 Å². The molecule has 0 aliphatic rings. The molecule has 0 aromatic carbocycles. The molecule has 0 atom stereocenters. The Kier molecular flexibility index (Phi) is 1.64. The van der Waals surface area contributed by atoms with Crippen LogP contribution in [0.3, 0.4) is 0 Å². The molecular formula is C4H8N4O. The van der Waals surface area contributed by atoms with E-state index in [0.29, 0.717) is 5.69 Å². The zero-order chi connectivity index (χ0) is 6.69. The van der Waals surface area contributed by atoms with Crippen LogP contribution in [0.5, 0.6) is 0 Å². The minimum absolute atomic E-state index is 0.0678. The number of hydrogen-bond acceptors (Lipinski definition) is 4. The van der Waals surface area contributed by atoms with E-state index in [0.717, 1.165) is 0 Å². The van der Waals surface area contributed by atoms with Gasteiger partial charge in [-0.05, 0) is 5.21 Å². The third-order valence-corrected chi connectivity index (χ3v) is 0.932. The minimum Gasteiger partial charge on any atom is -0.390 e. The molecule has 1 aromatic rings. The van der Waals surface area contributed by atoms with Gasteiger partial charge >= 0.3 is 0 Å². The normalized spacial score (nSPS) is 9.56. The van der Waals surface area contributed by atoms with Crippen LogP contribution in [-0.2, 0) is 6.61 Å². The molecule has 1 heterocycles. The minimum atomic E-state index is -0.0678. The van der Waals surface area contributed by atoms with Crippen molar-refractivity contribution in [3.05, 3.63) is 11.9 Å². The molecule has 9 heavy (non-hydrogen) atoms. The Morgan fingerprint density at radius 1 is 1.89 bits per heavy atom. The van der Waals surface area contributed by atoms with E-state index in [1.165, 1.54) is 4.79 Å². The molecule has 5 nitrogen and oxygen atoms in total. The maximum absolute atomic E-state index is 8.50. The third-order valence-electron chi connectivity index (χ3n) is 0.932. The van der Waals surface area contributed by atoms with Gasteiger partial charge in [0.2, 0.25) is 0 Å². The van der Waals surface area contributed by atoms with Crippen molar-refractivity contribution in [3.8, 4) is 0 Å². The highest BCUT2D eigenvalue weighted by Crippen LogP contribution is 1.87. The molecule has 0 amide bonds. The summed E-state index contributed by atoms with van der Waals surface area (Å²) in [5, 5.41) is 15.7. The number of hydrogen-bond donors (Lipinski definition) is 2. The summed E-state index contributed by atoms with van der Waals surface area (Å²) < 4.78 is 0. The molecule has 2 N–H and O–H groups in total. The Bertz CT molecular complexity index is 166. The summed E-state index contributed by atoms with van der Waals surface area (Å²) >= 11 is 0. The van der Waals surface area contributed by atoms with Gasteiger partial charge in [0.15, 0.2) is 0 Å². The highest BCUT2D eigenvalue weighted by molar-refractivity contribution is 4.89. The Morgan fingerprint density at radius 2 is 2.67 bits per heavy atom. The number of nitrogens with one attached hydrogen (secondary N) is 1. The van der Waals surface area contributed by atoms with Crippen LogP contribution in [0.25, 0.3) is 0 Å². The van der Waals surface area contributed by atoms with Crippen molar-refractivity contribution >= 4 is 0 Å². The van der Waals surface area contributed by atoms with Crippen LogP contribution in [0.4, 0.5) is 0 Å². The quantitative estimate of drug-likeness (QED) is 0.533. The van der Waals surface area contributed by atoms with E-state index >= 15 is 0 Å². The first kappa shape index (κ1) is 6.03. The molecule has 0 bridgehead atoms. The van der Waals surface area contributed by atoms with Gasteiger partial charge in [0.1, 0.15) is 5.69 Å². The van der Waals surface area contributed by atoms with Crippen molar-refractivity contribution in [1.82, 2.24) is 15.1 Å². The highest BCUT2D eigenvalue weighted by Gasteiger charge is 1.93. The second-order valence-electron chi connectivity index (χ2n) is 1.54. The van der Waals surface area contributed by atoms with Crippen molar-refractivity contribution in [2.75, 3.05) is 12.5 Å². The third kappa shape index (κ3) is 1.17. The largest absolute Gasteiger partial charge is 0.390 e. The topological polar surface area (TPSA) is 63.0 Å². The van der Waals surface area contributed by atoms with Crippen molar-refractivity contribution in [2.45, 2.75) is 6.61 Å². The predicted molar refractivity (Wildman–Crippen MR) is 31.2 cm³/mol. The molecule has 5 heteroatoms. The van der Waals surface area contributed by atoms with Crippen LogP contribution in [0, 0.1) is 0 Å². The molecule has 0 spiro atoms. The maximum Gasteiger partial charge on any atom is 0.110 e. The summed E-state index contributed by atoms with van der Waals surface area (Å²) in [5.41, 5.74) is 3.27. The fourth-order valence-electron chi connectivity index (χ4n) is 0.480. The molecule has 0 saturated heterocycles. The first-order valence-corrected chi connectivity index (χ1v) is 2.56. The summed E-state index contributed by atoms with van der Waals surface area (Å²) in [4.78, 5) is 1.42. The monoisotopic (exact) mass is 128 g/mol. The molecular weight excluding hydrogens is 120 g/mol. The van der Waals surface area contributed by atoms with Crippen LogP contribution in [0.1, 0.15) is 5.69 Å². The first-order valence-electron chi connectivity index (χ1n) is 2.56. The lowest BCUT2D eigenvalue weighted by atomic mass is 10.5. The van der Waals surface area contributed by atoms with Gasteiger partial charge in [-0.3, -0.25) is 0 Å². The van der Waals surface area contributed by atoms with E-state index < -0.39 is 0 Å². The second-order valence-corrected chi connectivity index (χ2v) is 1.54. The number of nitrogens with zero attached hydrogens (tertiary/aromatic N) is 3. The zero-order valence-corrected chi connectivity index (χ0v) is 5.07. The van der Waals surface area contributed by atoms with Gasteiger partial charge in [-0.1, -0.05) is 0 Å². The summed E-state index contributed by atoms with van der Waals surface area (Å²) in [7, 11) is 1.72. The average Bonchev–Trinajstić information content (AvgIpc) is 2.34. The molecule has 50 valence electrons. The molecule has 0 fully saturated rings. The predicted octanol–water partition coefficient (Wildman–Crippen LogP) is -1.06. The Hall–Kier alpha value is -1.10. The Balaban J connectivity index is 2.74. The van der Waals surface area contributed by atoms with Crippen LogP contribution in [0.15, 0.2) is 6.20 Å². The van der Waals surface area contributed by atoms with E-state index in [2.05, 4.69) is 15.7 Å². The lowest BCUT2D eigenvalue weighted by Crippen LogP contribution is -2.08. The van der Waals surface area contributed by atoms with Crippen LogP contribution < -0.4 is 5.43 Å². The lowest BCUT2D eigenvalue weighted by Gasteiger charge is -1.91. The average molecular weight is 128 g/mol. The molecule has 0 aliphatic heterocycles. The van der Waals surface area contributed by atoms with Gasteiger partial charge in [-0.15, -0.1) is 5.10 Å². The summed E-state index contributed by atoms with van der Waals surface area (Å²) in [5.74, 6) is 0. The standard InChI is InChI=1S/C4H8N4O/c1-5-8-2-4(3-9)6-7-8/h2,5,9H,3H2,1H3. The van der Waals surface area contributed by atoms with Gasteiger partial charge < -0.3 is 10.5 Å². The van der Waals surface area contributed by atoms with Crippen molar-refractivity contribution < 1.29 is 5.11 Å². The highest BCUT2D eigenvalue weighted by atomic mass is 16.3. The summed E-state index contributed by atoms with van der Waals surface area (Å²) in [6.45, 7) is -0.0678. The van der Waals surface area contributed by atoms with Gasteiger partial charge in [0.05, 0.1) is 12.8 Å². The van der Waals surface area contributed by atoms with Gasteiger partial charge in [0, 0.05) is 7.05 Å². The number of aromatic nitrogens is 3. The summed E-state index contributed by atoms with van der Waals surface area (Å²) in [6, 6.07) is 0. The van der Waals surface area contributed by atoms with E-state index in [-0.39, 0.29) is 6.61 Å². The molecule has 0 aliphatic carbocycles. The van der Waals surface area contributed by atoms with Crippen LogP contribution in [0.2, 0.25) is 0 Å². The van der Waals surface area contributed by atoms with Crippen LogP contribution >= 0.6 is 0 Å². The van der Waals surface area contributed by atoms with Crippen molar-refractivity contribution in [3.63, 3.8) is 0 Å². The van der Waals surface area contributed by atoms with Gasteiger partial charge in [0.25, 0.3) is 0 Å². The van der Waals surface area contributed by atoms with E-state index in [9.17, 15) is 0 Å². The Morgan fingerprint density at radius 3 is 3.00 bits per heavy atom. The molecule has 0 radical (unpaired) electrons. The second kappa shape index (κ2) is 2.45. The maximum atomic E-state index is 8.50. The van der Waals surface area contributed by atoms with E-state index in [1.807, 2.05) is 0 Å². The van der Waals surface area contributed by atoms with Crippen molar-refractivity contribution in [2.24, 2.45) is 0 Å². The SMILES string of the molecule is CNn1cc(CO)nn1. The lowest BCUT2D eigenvalue weighted by molar-refractivity contribution is 0.276. The number of aliphatic hydroxyl groups excluding tert-OH is 1. The zero-order valence-electron chi connectivity index (χ0n) is 5.07. The fraction of sp³-hybridized carbons (Fsp3) is 0.500. The number of rotatable bonds is 2. The smallest absolute Gasteiger partial charge is 0.110 e. The fourth-order valence-corrected chi connectivity index (χ4v) is 0.480. The van der Waals surface area contributed by atoms with E-state index in [4.69, 9.17) is 5.11 Å². The van der Waals surface area contributed by atoms with Crippen LogP contribution in [-0.4, -0.2) is 27.3 Å². The molecule has 1 rings (SSSR count). The summed E-state index contributed by atoms with van der Waals surface area (Å²) in [6.07, 6.45) is 1.61. The first-order chi connectivity index (χ1) is 4.36. The molecule has 1 aromatic heterocycles. The number of aliphatic hydroxyl groups is 1. The van der Waals surface area contributed by atoms with Crippen molar-refractivity contribution in [1.29, 1.82) is 0 Å². The Labute approximate surface area is 52.3 Å². The van der Waals surface area contributed by atoms with E-state index in [1.54, 1.807) is 13.2 Å². The van der Waals surface area contributed by atoms with Gasteiger partial charge in [-0.2, -0.15) is 4.79 Å². The molecule has 0 saturated carbocycles. The molecule has 0 unspecified atom stereocenters.